The van der Waals surface area contributed by atoms with Crippen LogP contribution in [0.15, 0.2) is 0 Å². The zero-order valence-corrected chi connectivity index (χ0v) is 6.16. The number of quaternary nitrogens is 1. The highest BCUT2D eigenvalue weighted by molar-refractivity contribution is 4.71. The van der Waals surface area contributed by atoms with Gasteiger partial charge in [-0.15, -0.1) is 0 Å². The van der Waals surface area contributed by atoms with Crippen molar-refractivity contribution in [2.75, 3.05) is 27.7 Å². The fourth-order valence-electron chi connectivity index (χ4n) is 0.726. The smallest absolute Gasteiger partial charge is 0.219 e. The molecule has 0 aromatic heterocycles. The molecule has 1 rings (SSSR count). The van der Waals surface area contributed by atoms with Gasteiger partial charge in [0.15, 0.2) is 6.10 Å². The number of aliphatic hydroxyl groups excluding tert-OH is 1. The maximum absolute atomic E-state index is 9.37. The lowest BCUT2D eigenvalue weighted by atomic mass is 10.3. The Morgan fingerprint density at radius 2 is 2.00 bits per heavy atom. The summed E-state index contributed by atoms with van der Waals surface area (Å²) >= 11 is 0. The molecule has 1 heterocycles. The highest BCUT2D eigenvalue weighted by atomic mass is 16.6. The van der Waals surface area contributed by atoms with Crippen LogP contribution in [0.2, 0.25) is 0 Å². The molecule has 0 radical (unpaired) electrons. The fraction of sp³-hybridized carbons (Fsp3) is 1.00. The number of aliphatic hydroxyl groups is 1. The number of hydrogen-bond acceptors (Lipinski definition) is 2. The molecule has 0 amide bonds. The summed E-state index contributed by atoms with van der Waals surface area (Å²) in [6, 6.07) is 0. The minimum Gasteiger partial charge on any atom is -0.364 e. The molecule has 2 unspecified atom stereocenters. The van der Waals surface area contributed by atoms with Gasteiger partial charge >= 0.3 is 0 Å². The van der Waals surface area contributed by atoms with Crippen molar-refractivity contribution in [2.45, 2.75) is 12.3 Å². The first kappa shape index (κ1) is 6.99. The number of hydrogen-bond donors (Lipinski definition) is 1. The molecule has 0 aliphatic carbocycles. The van der Waals surface area contributed by atoms with Crippen molar-refractivity contribution in [2.24, 2.45) is 0 Å². The molecule has 0 spiro atoms. The number of nitrogens with zero attached hydrogens (tertiary/aromatic N) is 1. The Balaban J connectivity index is 2.40. The Kier molecular flexibility index (Phi) is 1.50. The molecule has 1 fully saturated rings. The van der Waals surface area contributed by atoms with Gasteiger partial charge in [0, 0.05) is 0 Å². The van der Waals surface area contributed by atoms with Crippen LogP contribution in [-0.4, -0.2) is 49.7 Å². The second kappa shape index (κ2) is 1.94. The predicted molar refractivity (Wildman–Crippen MR) is 33.8 cm³/mol. The van der Waals surface area contributed by atoms with Gasteiger partial charge in [-0.2, -0.15) is 0 Å². The number of epoxide rings is 1. The van der Waals surface area contributed by atoms with Crippen LogP contribution < -0.4 is 0 Å². The summed E-state index contributed by atoms with van der Waals surface area (Å²) in [6.07, 6.45) is -0.269. The SMILES string of the molecule is C[N+](C)(C)C(O)C1CO1. The summed E-state index contributed by atoms with van der Waals surface area (Å²) in [5.41, 5.74) is 0. The van der Waals surface area contributed by atoms with Gasteiger partial charge in [0.05, 0.1) is 27.7 Å². The van der Waals surface area contributed by atoms with Crippen molar-refractivity contribution in [3.63, 3.8) is 0 Å². The van der Waals surface area contributed by atoms with E-state index in [4.69, 9.17) is 4.74 Å². The molecule has 0 bridgehead atoms. The average Bonchev–Trinajstić information content (AvgIpc) is 2.40. The van der Waals surface area contributed by atoms with Crippen molar-refractivity contribution < 1.29 is 14.3 Å². The minimum absolute atomic E-state index is 0.0880. The second-order valence-corrected chi connectivity index (χ2v) is 3.40. The lowest BCUT2D eigenvalue weighted by Gasteiger charge is -2.28. The van der Waals surface area contributed by atoms with E-state index in [-0.39, 0.29) is 12.3 Å². The molecule has 3 nitrogen and oxygen atoms in total. The third kappa shape index (κ3) is 1.64. The standard InChI is InChI=1S/C6H14NO2/c1-7(2,3)6(8)5-4-9-5/h5-6,8H,4H2,1-3H3/q+1. The first-order chi connectivity index (χ1) is 4.02. The lowest BCUT2D eigenvalue weighted by Crippen LogP contribution is -2.48. The summed E-state index contributed by atoms with van der Waals surface area (Å²) in [5.74, 6) is 0. The van der Waals surface area contributed by atoms with E-state index in [1.807, 2.05) is 21.1 Å². The molecule has 1 aliphatic rings. The van der Waals surface area contributed by atoms with Crippen LogP contribution in [0.1, 0.15) is 0 Å². The Hall–Kier alpha value is -0.120. The molecule has 9 heavy (non-hydrogen) atoms. The van der Waals surface area contributed by atoms with E-state index in [1.54, 1.807) is 0 Å². The van der Waals surface area contributed by atoms with Gasteiger partial charge in [0.2, 0.25) is 6.23 Å². The first-order valence-corrected chi connectivity index (χ1v) is 3.12. The zero-order chi connectivity index (χ0) is 7.07. The van der Waals surface area contributed by atoms with Crippen LogP contribution in [0.5, 0.6) is 0 Å². The van der Waals surface area contributed by atoms with Gasteiger partial charge in [-0.25, -0.2) is 0 Å². The van der Waals surface area contributed by atoms with Gasteiger partial charge in [0.1, 0.15) is 0 Å². The van der Waals surface area contributed by atoms with E-state index in [0.717, 1.165) is 6.61 Å². The predicted octanol–water partition coefficient (Wildman–Crippen LogP) is -0.590. The van der Waals surface area contributed by atoms with Gasteiger partial charge < -0.3 is 14.3 Å². The molecule has 3 heteroatoms. The summed E-state index contributed by atoms with van der Waals surface area (Å²) < 4.78 is 5.49. The molecule has 1 aliphatic heterocycles. The average molecular weight is 132 g/mol. The molecular formula is C6H14NO2+. The first-order valence-electron chi connectivity index (χ1n) is 3.12. The van der Waals surface area contributed by atoms with Gasteiger partial charge in [-0.05, 0) is 0 Å². The van der Waals surface area contributed by atoms with Crippen molar-refractivity contribution in [1.82, 2.24) is 0 Å². The highest BCUT2D eigenvalue weighted by Gasteiger charge is 2.40. The highest BCUT2D eigenvalue weighted by Crippen LogP contribution is 2.18. The Bertz CT molecular complexity index is 104. The minimum atomic E-state index is -0.356. The summed E-state index contributed by atoms with van der Waals surface area (Å²) in [6.45, 7) is 0.719. The largest absolute Gasteiger partial charge is 0.364 e. The van der Waals surface area contributed by atoms with Gasteiger partial charge in [-0.1, -0.05) is 0 Å². The summed E-state index contributed by atoms with van der Waals surface area (Å²) in [4.78, 5) is 0. The van der Waals surface area contributed by atoms with E-state index in [9.17, 15) is 5.11 Å². The van der Waals surface area contributed by atoms with Crippen molar-refractivity contribution >= 4 is 0 Å². The Labute approximate surface area is 55.4 Å². The van der Waals surface area contributed by atoms with E-state index < -0.39 is 0 Å². The van der Waals surface area contributed by atoms with Crippen LogP contribution in [0.4, 0.5) is 0 Å². The van der Waals surface area contributed by atoms with Crippen LogP contribution in [0, 0.1) is 0 Å². The van der Waals surface area contributed by atoms with E-state index in [0.29, 0.717) is 4.48 Å². The summed E-state index contributed by atoms with van der Waals surface area (Å²) in [7, 11) is 5.85. The molecule has 1 saturated heterocycles. The van der Waals surface area contributed by atoms with Crippen LogP contribution in [0.25, 0.3) is 0 Å². The quantitative estimate of drug-likeness (QED) is 0.309. The van der Waals surface area contributed by atoms with Gasteiger partial charge in [-0.3, -0.25) is 0 Å². The van der Waals surface area contributed by atoms with Crippen LogP contribution >= 0.6 is 0 Å². The Morgan fingerprint density at radius 3 is 2.11 bits per heavy atom. The molecule has 0 aromatic carbocycles. The van der Waals surface area contributed by atoms with Crippen molar-refractivity contribution in [1.29, 1.82) is 0 Å². The van der Waals surface area contributed by atoms with Crippen LogP contribution in [-0.2, 0) is 4.74 Å². The lowest BCUT2D eigenvalue weighted by molar-refractivity contribution is -0.919. The molecule has 0 saturated carbocycles. The molecule has 2 atom stereocenters. The molecule has 0 aromatic rings. The monoisotopic (exact) mass is 132 g/mol. The Morgan fingerprint density at radius 1 is 1.56 bits per heavy atom. The molecular weight excluding hydrogens is 118 g/mol. The maximum Gasteiger partial charge on any atom is 0.219 e. The van der Waals surface area contributed by atoms with E-state index >= 15 is 0 Å². The number of rotatable bonds is 2. The zero-order valence-electron chi connectivity index (χ0n) is 6.16. The number of ether oxygens (including phenoxy) is 1. The van der Waals surface area contributed by atoms with E-state index in [2.05, 4.69) is 0 Å². The third-order valence-electron chi connectivity index (χ3n) is 1.49. The topological polar surface area (TPSA) is 32.8 Å². The molecule has 54 valence electrons. The maximum atomic E-state index is 9.37. The molecule has 1 N–H and O–H groups in total. The van der Waals surface area contributed by atoms with Crippen LogP contribution in [0.3, 0.4) is 0 Å². The second-order valence-electron chi connectivity index (χ2n) is 3.40. The van der Waals surface area contributed by atoms with Crippen molar-refractivity contribution in [3.8, 4) is 0 Å². The summed E-state index contributed by atoms with van der Waals surface area (Å²) in [5, 5.41) is 9.37. The number of likely N-dealkylation sites (N-methyl/N-ethyl adjacent to an activating group) is 1. The van der Waals surface area contributed by atoms with Gasteiger partial charge in [0.25, 0.3) is 0 Å². The fourth-order valence-corrected chi connectivity index (χ4v) is 0.726. The third-order valence-corrected chi connectivity index (χ3v) is 1.49. The van der Waals surface area contributed by atoms with Crippen molar-refractivity contribution in [3.05, 3.63) is 0 Å². The van der Waals surface area contributed by atoms with E-state index in [1.165, 1.54) is 0 Å². The normalized spacial score (nSPS) is 30.0.